The molecule has 4 nitrogen and oxygen atoms in total. The SMILES string of the molecule is CCCCCCCCCCCOC(=O)CN(C)C(=O)C1CCCCC1. The first-order chi connectivity index (χ1) is 12.1. The van der Waals surface area contributed by atoms with Crippen molar-refractivity contribution in [3.8, 4) is 0 Å². The van der Waals surface area contributed by atoms with Gasteiger partial charge in [-0.2, -0.15) is 0 Å². The van der Waals surface area contributed by atoms with Crippen LogP contribution in [0.5, 0.6) is 0 Å². The topological polar surface area (TPSA) is 46.6 Å². The number of carbonyl (C=O) groups excluding carboxylic acids is 2. The van der Waals surface area contributed by atoms with Gasteiger partial charge in [-0.25, -0.2) is 0 Å². The number of ether oxygens (including phenoxy) is 1. The fourth-order valence-electron chi connectivity index (χ4n) is 3.58. The monoisotopic (exact) mass is 353 g/mol. The van der Waals surface area contributed by atoms with Crippen molar-refractivity contribution in [2.75, 3.05) is 20.2 Å². The van der Waals surface area contributed by atoms with Crippen LogP contribution in [0.15, 0.2) is 0 Å². The smallest absolute Gasteiger partial charge is 0.325 e. The van der Waals surface area contributed by atoms with Crippen LogP contribution in [0.4, 0.5) is 0 Å². The van der Waals surface area contributed by atoms with Crippen molar-refractivity contribution in [1.29, 1.82) is 0 Å². The lowest BCUT2D eigenvalue weighted by Gasteiger charge is -2.25. The first-order valence-electron chi connectivity index (χ1n) is 10.6. The molecule has 1 saturated carbocycles. The number of rotatable bonds is 13. The van der Waals surface area contributed by atoms with Gasteiger partial charge in [-0.3, -0.25) is 9.59 Å². The van der Waals surface area contributed by atoms with E-state index in [-0.39, 0.29) is 24.3 Å². The molecule has 0 radical (unpaired) electrons. The molecule has 0 aromatic heterocycles. The van der Waals surface area contributed by atoms with E-state index in [9.17, 15) is 9.59 Å². The van der Waals surface area contributed by atoms with Gasteiger partial charge in [-0.05, 0) is 19.3 Å². The molecule has 1 amide bonds. The van der Waals surface area contributed by atoms with E-state index in [0.717, 1.165) is 38.5 Å². The summed E-state index contributed by atoms with van der Waals surface area (Å²) in [6, 6.07) is 0. The third kappa shape index (κ3) is 10.5. The number of hydrogen-bond acceptors (Lipinski definition) is 3. The lowest BCUT2D eigenvalue weighted by Crippen LogP contribution is -2.38. The highest BCUT2D eigenvalue weighted by molar-refractivity contribution is 5.83. The molecule has 0 aromatic rings. The maximum absolute atomic E-state index is 12.3. The van der Waals surface area contributed by atoms with Crippen LogP contribution >= 0.6 is 0 Å². The van der Waals surface area contributed by atoms with Crippen LogP contribution in [0.25, 0.3) is 0 Å². The normalized spacial score (nSPS) is 15.1. The quantitative estimate of drug-likeness (QED) is 0.342. The molecule has 0 aliphatic heterocycles. The molecule has 1 fully saturated rings. The summed E-state index contributed by atoms with van der Waals surface area (Å²) in [6.07, 6.45) is 16.7. The minimum absolute atomic E-state index is 0.0900. The fraction of sp³-hybridized carbons (Fsp3) is 0.905. The van der Waals surface area contributed by atoms with Gasteiger partial charge in [0.2, 0.25) is 5.91 Å². The van der Waals surface area contributed by atoms with Crippen LogP contribution in [0.1, 0.15) is 96.8 Å². The van der Waals surface area contributed by atoms with Crippen molar-refractivity contribution in [1.82, 2.24) is 4.90 Å². The van der Waals surface area contributed by atoms with Crippen LogP contribution in [0, 0.1) is 5.92 Å². The summed E-state index contributed by atoms with van der Waals surface area (Å²) in [5, 5.41) is 0. The predicted molar refractivity (Wildman–Crippen MR) is 102 cm³/mol. The Bertz CT molecular complexity index is 364. The van der Waals surface area contributed by atoms with Crippen LogP contribution in [0.3, 0.4) is 0 Å². The van der Waals surface area contributed by atoms with Crippen molar-refractivity contribution < 1.29 is 14.3 Å². The molecule has 25 heavy (non-hydrogen) atoms. The Morgan fingerprint density at radius 1 is 0.880 bits per heavy atom. The number of carbonyl (C=O) groups is 2. The van der Waals surface area contributed by atoms with Gasteiger partial charge in [-0.15, -0.1) is 0 Å². The maximum atomic E-state index is 12.3. The number of esters is 1. The Morgan fingerprint density at radius 3 is 2.04 bits per heavy atom. The van der Waals surface area contributed by atoms with E-state index < -0.39 is 0 Å². The number of amides is 1. The fourth-order valence-corrected chi connectivity index (χ4v) is 3.58. The van der Waals surface area contributed by atoms with E-state index in [1.165, 1.54) is 51.4 Å². The van der Waals surface area contributed by atoms with Crippen molar-refractivity contribution >= 4 is 11.9 Å². The molecule has 0 N–H and O–H groups in total. The van der Waals surface area contributed by atoms with Crippen LogP contribution in [-0.2, 0) is 14.3 Å². The molecule has 0 heterocycles. The standard InChI is InChI=1S/C21H39NO3/c1-3-4-5-6-7-8-9-10-14-17-25-20(23)18-22(2)21(24)19-15-12-11-13-16-19/h19H,3-18H2,1-2H3. The summed E-state index contributed by atoms with van der Waals surface area (Å²) in [4.78, 5) is 25.7. The van der Waals surface area contributed by atoms with Gasteiger partial charge >= 0.3 is 5.97 Å². The van der Waals surface area contributed by atoms with Crippen molar-refractivity contribution in [3.63, 3.8) is 0 Å². The maximum Gasteiger partial charge on any atom is 0.325 e. The van der Waals surface area contributed by atoms with Crippen molar-refractivity contribution in [3.05, 3.63) is 0 Å². The highest BCUT2D eigenvalue weighted by Crippen LogP contribution is 2.25. The summed E-state index contributed by atoms with van der Waals surface area (Å²) in [6.45, 7) is 2.82. The third-order valence-electron chi connectivity index (χ3n) is 5.21. The van der Waals surface area contributed by atoms with Gasteiger partial charge in [-0.1, -0.05) is 77.6 Å². The predicted octanol–water partition coefficient (Wildman–Crippen LogP) is 5.10. The highest BCUT2D eigenvalue weighted by Gasteiger charge is 2.25. The molecule has 1 rings (SSSR count). The van der Waals surface area contributed by atoms with Crippen LogP contribution < -0.4 is 0 Å². The van der Waals surface area contributed by atoms with E-state index in [2.05, 4.69) is 6.92 Å². The average molecular weight is 354 g/mol. The summed E-state index contributed by atoms with van der Waals surface area (Å²) in [5.74, 6) is -0.0465. The van der Waals surface area contributed by atoms with E-state index in [4.69, 9.17) is 4.74 Å². The second-order valence-electron chi connectivity index (χ2n) is 7.58. The molecule has 4 heteroatoms. The highest BCUT2D eigenvalue weighted by atomic mass is 16.5. The molecular weight excluding hydrogens is 314 g/mol. The molecule has 0 saturated heterocycles. The zero-order valence-corrected chi connectivity index (χ0v) is 16.6. The largest absolute Gasteiger partial charge is 0.464 e. The number of nitrogens with zero attached hydrogens (tertiary/aromatic N) is 1. The molecule has 0 spiro atoms. The first-order valence-corrected chi connectivity index (χ1v) is 10.6. The summed E-state index contributed by atoms with van der Waals surface area (Å²) in [5.41, 5.74) is 0. The van der Waals surface area contributed by atoms with Crippen LogP contribution in [-0.4, -0.2) is 37.0 Å². The molecular formula is C21H39NO3. The zero-order chi connectivity index (χ0) is 18.3. The van der Waals surface area contributed by atoms with Gasteiger partial charge in [0.05, 0.1) is 6.61 Å². The number of unbranched alkanes of at least 4 members (excludes halogenated alkanes) is 8. The second-order valence-corrected chi connectivity index (χ2v) is 7.58. The molecule has 0 bridgehead atoms. The summed E-state index contributed by atoms with van der Waals surface area (Å²) < 4.78 is 5.28. The van der Waals surface area contributed by atoms with E-state index in [1.54, 1.807) is 11.9 Å². The number of hydrogen-bond donors (Lipinski definition) is 0. The number of likely N-dealkylation sites (N-methyl/N-ethyl adjacent to an activating group) is 1. The Balaban J connectivity index is 1.98. The summed E-state index contributed by atoms with van der Waals surface area (Å²) in [7, 11) is 1.72. The molecule has 0 aromatic carbocycles. The van der Waals surface area contributed by atoms with Gasteiger partial charge < -0.3 is 9.64 Å². The molecule has 0 unspecified atom stereocenters. The minimum Gasteiger partial charge on any atom is -0.464 e. The average Bonchev–Trinajstić information content (AvgIpc) is 2.63. The van der Waals surface area contributed by atoms with Crippen molar-refractivity contribution in [2.24, 2.45) is 5.92 Å². The third-order valence-corrected chi connectivity index (χ3v) is 5.21. The van der Waals surface area contributed by atoms with Gasteiger partial charge in [0.15, 0.2) is 0 Å². The Labute approximate surface area is 154 Å². The lowest BCUT2D eigenvalue weighted by molar-refractivity contribution is -0.150. The van der Waals surface area contributed by atoms with E-state index in [0.29, 0.717) is 6.61 Å². The molecule has 1 aliphatic carbocycles. The van der Waals surface area contributed by atoms with Crippen molar-refractivity contribution in [2.45, 2.75) is 96.8 Å². The van der Waals surface area contributed by atoms with Gasteiger partial charge in [0.25, 0.3) is 0 Å². The molecule has 0 atom stereocenters. The Morgan fingerprint density at radius 2 is 1.44 bits per heavy atom. The summed E-state index contributed by atoms with van der Waals surface area (Å²) >= 11 is 0. The molecule has 1 aliphatic rings. The van der Waals surface area contributed by atoms with Gasteiger partial charge in [0, 0.05) is 13.0 Å². The van der Waals surface area contributed by atoms with E-state index in [1.807, 2.05) is 0 Å². The minimum atomic E-state index is -0.272. The first kappa shape index (κ1) is 22.0. The Kier molecular flexibility index (Phi) is 12.4. The van der Waals surface area contributed by atoms with Gasteiger partial charge in [0.1, 0.15) is 6.54 Å². The second kappa shape index (κ2) is 14.1. The molecule has 146 valence electrons. The lowest BCUT2D eigenvalue weighted by atomic mass is 9.88. The Hall–Kier alpha value is -1.06. The van der Waals surface area contributed by atoms with E-state index >= 15 is 0 Å². The van der Waals surface area contributed by atoms with Crippen LogP contribution in [0.2, 0.25) is 0 Å². The zero-order valence-electron chi connectivity index (χ0n) is 16.6.